The van der Waals surface area contributed by atoms with Crippen molar-refractivity contribution < 1.29 is 18.5 Å². The fraction of sp³-hybridized carbons (Fsp3) is 0.579. The molecule has 2 unspecified atom stereocenters. The van der Waals surface area contributed by atoms with E-state index < -0.39 is 28.5 Å². The average Bonchev–Trinajstić information content (AvgIpc) is 2.55. The lowest BCUT2D eigenvalue weighted by atomic mass is 10.1. The maximum atomic E-state index is 11.6. The highest BCUT2D eigenvalue weighted by Gasteiger charge is 2.13. The SMILES string of the molecule is CC(C)(C)OC(N)=O.CS(=O)CCC(N)C(=O)NCCCc1ccccc1. The molecular weight excluding hydrogens is 366 g/mol. The summed E-state index contributed by atoms with van der Waals surface area (Å²) in [6.45, 7) is 5.91. The van der Waals surface area contributed by atoms with Crippen LogP contribution in [0.4, 0.5) is 4.79 Å². The molecular formula is C19H33N3O4S. The first kappa shape index (κ1) is 25.1. The molecule has 0 aliphatic heterocycles. The van der Waals surface area contributed by atoms with E-state index in [4.69, 9.17) is 11.5 Å². The van der Waals surface area contributed by atoms with Crippen LogP contribution < -0.4 is 16.8 Å². The Kier molecular flexibility index (Phi) is 12.3. The number of aryl methyl sites for hydroxylation is 1. The third-order valence-electron chi connectivity index (χ3n) is 3.24. The second-order valence-electron chi connectivity index (χ2n) is 7.09. The van der Waals surface area contributed by atoms with Crippen LogP contribution in [0, 0.1) is 0 Å². The van der Waals surface area contributed by atoms with E-state index in [0.717, 1.165) is 12.8 Å². The zero-order chi connectivity index (χ0) is 20.9. The molecule has 0 fully saturated rings. The van der Waals surface area contributed by atoms with Gasteiger partial charge in [-0.25, -0.2) is 4.79 Å². The summed E-state index contributed by atoms with van der Waals surface area (Å²) in [5, 5.41) is 2.81. The first-order valence-corrected chi connectivity index (χ1v) is 10.6. The molecule has 0 spiro atoms. The fourth-order valence-corrected chi connectivity index (χ4v) is 2.59. The van der Waals surface area contributed by atoms with Crippen molar-refractivity contribution in [3.8, 4) is 0 Å². The Labute approximate surface area is 164 Å². The third-order valence-corrected chi connectivity index (χ3v) is 4.05. The smallest absolute Gasteiger partial charge is 0.405 e. The van der Waals surface area contributed by atoms with Crippen molar-refractivity contribution in [2.45, 2.75) is 51.7 Å². The molecule has 0 aromatic heterocycles. The van der Waals surface area contributed by atoms with Crippen molar-refractivity contribution in [3.63, 3.8) is 0 Å². The maximum Gasteiger partial charge on any atom is 0.405 e. The van der Waals surface area contributed by atoms with Gasteiger partial charge in [0.15, 0.2) is 0 Å². The first-order valence-electron chi connectivity index (χ1n) is 8.87. The van der Waals surface area contributed by atoms with Crippen LogP contribution in [0.1, 0.15) is 39.2 Å². The van der Waals surface area contributed by atoms with Gasteiger partial charge < -0.3 is 21.5 Å². The van der Waals surface area contributed by atoms with Gasteiger partial charge in [-0.3, -0.25) is 9.00 Å². The summed E-state index contributed by atoms with van der Waals surface area (Å²) in [4.78, 5) is 21.6. The van der Waals surface area contributed by atoms with Crippen molar-refractivity contribution in [1.82, 2.24) is 5.32 Å². The number of carbonyl (C=O) groups is 2. The Hall–Kier alpha value is -1.93. The van der Waals surface area contributed by atoms with Crippen LogP contribution in [0.5, 0.6) is 0 Å². The zero-order valence-electron chi connectivity index (χ0n) is 16.7. The van der Waals surface area contributed by atoms with Gasteiger partial charge in [-0.1, -0.05) is 30.3 Å². The summed E-state index contributed by atoms with van der Waals surface area (Å²) in [7, 11) is -0.895. The number of amides is 2. The van der Waals surface area contributed by atoms with Gasteiger partial charge in [0.2, 0.25) is 5.91 Å². The molecule has 154 valence electrons. The summed E-state index contributed by atoms with van der Waals surface area (Å²) in [5.41, 5.74) is 11.2. The minimum absolute atomic E-state index is 0.154. The number of ether oxygens (including phenoxy) is 1. The Morgan fingerprint density at radius 3 is 2.26 bits per heavy atom. The molecule has 0 saturated carbocycles. The van der Waals surface area contributed by atoms with Crippen LogP contribution in [0.15, 0.2) is 30.3 Å². The van der Waals surface area contributed by atoms with Crippen molar-refractivity contribution in [1.29, 1.82) is 0 Å². The summed E-state index contributed by atoms with van der Waals surface area (Å²) < 4.78 is 15.5. The van der Waals surface area contributed by atoms with E-state index in [1.807, 2.05) is 18.2 Å². The molecule has 27 heavy (non-hydrogen) atoms. The van der Waals surface area contributed by atoms with Crippen molar-refractivity contribution in [2.24, 2.45) is 11.5 Å². The van der Waals surface area contributed by atoms with Crippen LogP contribution in [0.25, 0.3) is 0 Å². The standard InChI is InChI=1S/C14H22N2O2S.C5H11NO2/c1-19(18)11-9-13(15)14(17)16-10-5-8-12-6-3-2-4-7-12;1-5(2,3)8-4(6)7/h2-4,6-7,13H,5,8-11,15H2,1H3,(H,16,17);1-3H3,(H2,6,7). The molecule has 0 saturated heterocycles. The van der Waals surface area contributed by atoms with Gasteiger partial charge in [0.25, 0.3) is 0 Å². The normalized spacial score (nSPS) is 12.9. The minimum atomic E-state index is -0.895. The predicted octanol–water partition coefficient (Wildman–Crippen LogP) is 1.71. The molecule has 0 bridgehead atoms. The fourth-order valence-electron chi connectivity index (χ4n) is 2.01. The Bertz CT molecular complexity index is 588. The molecule has 1 rings (SSSR count). The summed E-state index contributed by atoms with van der Waals surface area (Å²) in [6.07, 6.45) is 3.19. The molecule has 8 heteroatoms. The van der Waals surface area contributed by atoms with E-state index >= 15 is 0 Å². The van der Waals surface area contributed by atoms with E-state index in [1.54, 1.807) is 27.0 Å². The van der Waals surface area contributed by atoms with Crippen molar-refractivity contribution >= 4 is 22.8 Å². The maximum absolute atomic E-state index is 11.6. The van der Waals surface area contributed by atoms with Crippen LogP contribution in [-0.2, 0) is 26.8 Å². The number of benzene rings is 1. The van der Waals surface area contributed by atoms with E-state index in [0.29, 0.717) is 18.7 Å². The van der Waals surface area contributed by atoms with Crippen LogP contribution in [-0.4, -0.2) is 46.4 Å². The minimum Gasteiger partial charge on any atom is -0.444 e. The van der Waals surface area contributed by atoms with E-state index in [2.05, 4.69) is 22.2 Å². The van der Waals surface area contributed by atoms with Gasteiger partial charge in [0.05, 0.1) is 6.04 Å². The van der Waals surface area contributed by atoms with Gasteiger partial charge in [0, 0.05) is 29.4 Å². The molecule has 0 heterocycles. The van der Waals surface area contributed by atoms with Crippen LogP contribution in [0.2, 0.25) is 0 Å². The van der Waals surface area contributed by atoms with Gasteiger partial charge in [-0.05, 0) is 45.6 Å². The molecule has 2 atom stereocenters. The molecule has 0 aliphatic carbocycles. The number of carbonyl (C=O) groups excluding carboxylic acids is 2. The molecule has 2 amide bonds. The van der Waals surface area contributed by atoms with E-state index in [-0.39, 0.29) is 5.91 Å². The Morgan fingerprint density at radius 2 is 1.81 bits per heavy atom. The van der Waals surface area contributed by atoms with E-state index in [1.165, 1.54) is 5.56 Å². The lowest BCUT2D eigenvalue weighted by Gasteiger charge is -2.16. The number of rotatable bonds is 8. The first-order chi connectivity index (χ1) is 12.5. The number of nitrogens with one attached hydrogen (secondary N) is 1. The summed E-state index contributed by atoms with van der Waals surface area (Å²) in [6, 6.07) is 9.60. The quantitative estimate of drug-likeness (QED) is 0.574. The lowest BCUT2D eigenvalue weighted by Crippen LogP contribution is -2.41. The molecule has 0 aliphatic rings. The second-order valence-corrected chi connectivity index (χ2v) is 8.64. The second kappa shape index (κ2) is 13.3. The van der Waals surface area contributed by atoms with Gasteiger partial charge >= 0.3 is 6.09 Å². The number of hydrogen-bond acceptors (Lipinski definition) is 5. The highest BCUT2D eigenvalue weighted by molar-refractivity contribution is 7.84. The largest absolute Gasteiger partial charge is 0.444 e. The highest BCUT2D eigenvalue weighted by Crippen LogP contribution is 2.05. The monoisotopic (exact) mass is 399 g/mol. The zero-order valence-corrected chi connectivity index (χ0v) is 17.5. The molecule has 1 aromatic carbocycles. The molecule has 7 nitrogen and oxygen atoms in total. The molecule has 5 N–H and O–H groups in total. The summed E-state index contributed by atoms with van der Waals surface area (Å²) in [5.74, 6) is 0.317. The van der Waals surface area contributed by atoms with Gasteiger partial charge in [-0.15, -0.1) is 0 Å². The van der Waals surface area contributed by atoms with Crippen LogP contribution in [0.3, 0.4) is 0 Å². The van der Waals surface area contributed by atoms with Gasteiger partial charge in [-0.2, -0.15) is 0 Å². The Morgan fingerprint density at radius 1 is 1.22 bits per heavy atom. The van der Waals surface area contributed by atoms with Gasteiger partial charge in [0.1, 0.15) is 5.60 Å². The number of nitrogens with two attached hydrogens (primary N) is 2. The molecule has 1 aromatic rings. The lowest BCUT2D eigenvalue weighted by molar-refractivity contribution is -0.122. The third kappa shape index (κ3) is 16.0. The summed E-state index contributed by atoms with van der Waals surface area (Å²) >= 11 is 0. The van der Waals surface area contributed by atoms with Crippen molar-refractivity contribution in [3.05, 3.63) is 35.9 Å². The van der Waals surface area contributed by atoms with E-state index in [9.17, 15) is 13.8 Å². The molecule has 0 radical (unpaired) electrons. The Balaban J connectivity index is 0.000000713. The highest BCUT2D eigenvalue weighted by atomic mass is 32.2. The predicted molar refractivity (Wildman–Crippen MR) is 110 cm³/mol. The number of primary amides is 1. The van der Waals surface area contributed by atoms with Crippen molar-refractivity contribution in [2.75, 3.05) is 18.6 Å². The topological polar surface area (TPSA) is 125 Å². The average molecular weight is 400 g/mol. The van der Waals surface area contributed by atoms with Crippen LogP contribution >= 0.6 is 0 Å². The number of hydrogen-bond donors (Lipinski definition) is 3.